The molecule has 0 radical (unpaired) electrons. The Morgan fingerprint density at radius 3 is 2.71 bits per heavy atom. The first kappa shape index (κ1) is 11.9. The van der Waals surface area contributed by atoms with Crippen molar-refractivity contribution in [1.82, 2.24) is 4.90 Å². The van der Waals surface area contributed by atoms with Crippen LogP contribution in [0.1, 0.15) is 13.8 Å². The first-order valence-electron chi connectivity index (χ1n) is 5.72. The van der Waals surface area contributed by atoms with Gasteiger partial charge in [0.25, 0.3) is 0 Å². The summed E-state index contributed by atoms with van der Waals surface area (Å²) in [6.07, 6.45) is -0.315. The highest BCUT2D eigenvalue weighted by molar-refractivity contribution is 5.71. The molecule has 1 aliphatic heterocycles. The van der Waals surface area contributed by atoms with E-state index in [-0.39, 0.29) is 11.6 Å². The zero-order chi connectivity index (χ0) is 12.3. The van der Waals surface area contributed by atoms with Gasteiger partial charge in [-0.2, -0.15) is 0 Å². The molecule has 17 heavy (non-hydrogen) atoms. The van der Waals surface area contributed by atoms with Crippen LogP contribution < -0.4 is 4.74 Å². The topological polar surface area (TPSA) is 38.8 Å². The molecule has 0 aromatic heterocycles. The Morgan fingerprint density at radius 2 is 2.06 bits per heavy atom. The van der Waals surface area contributed by atoms with Crippen molar-refractivity contribution in [2.45, 2.75) is 19.4 Å². The highest BCUT2D eigenvalue weighted by Crippen LogP contribution is 2.21. The quantitative estimate of drug-likeness (QED) is 0.749. The van der Waals surface area contributed by atoms with E-state index in [1.165, 1.54) is 0 Å². The summed E-state index contributed by atoms with van der Waals surface area (Å²) in [5.74, 6) is 0.569. The summed E-state index contributed by atoms with van der Waals surface area (Å²) in [6.45, 7) is 5.61. The van der Waals surface area contributed by atoms with Gasteiger partial charge in [0.05, 0.1) is 18.8 Å². The van der Waals surface area contributed by atoms with Crippen molar-refractivity contribution in [1.29, 1.82) is 0 Å². The predicted octanol–water partition coefficient (Wildman–Crippen LogP) is 2.30. The summed E-state index contributed by atoms with van der Waals surface area (Å²) in [4.78, 5) is 13.7. The van der Waals surface area contributed by atoms with Crippen molar-refractivity contribution in [2.75, 3.05) is 19.8 Å². The first-order valence-corrected chi connectivity index (χ1v) is 5.72. The third-order valence-electron chi connectivity index (χ3n) is 2.81. The molecular formula is C13H17NO3. The van der Waals surface area contributed by atoms with Gasteiger partial charge in [0.15, 0.2) is 0 Å². The van der Waals surface area contributed by atoms with E-state index in [9.17, 15) is 4.79 Å². The molecule has 0 spiro atoms. The second-order valence-corrected chi connectivity index (χ2v) is 4.70. The molecule has 1 aromatic rings. The fraction of sp³-hybridized carbons (Fsp3) is 0.462. The van der Waals surface area contributed by atoms with Crippen molar-refractivity contribution >= 4 is 6.09 Å². The number of carbonyl (C=O) groups is 1. The molecule has 1 fully saturated rings. The van der Waals surface area contributed by atoms with Gasteiger partial charge in [0, 0.05) is 6.54 Å². The van der Waals surface area contributed by atoms with Crippen LogP contribution in [0.2, 0.25) is 0 Å². The largest absolute Gasteiger partial charge is 0.415 e. The second kappa shape index (κ2) is 4.75. The average Bonchev–Trinajstić information content (AvgIpc) is 2.29. The van der Waals surface area contributed by atoms with Gasteiger partial charge in [0.2, 0.25) is 0 Å². The molecule has 0 atom stereocenters. The molecule has 4 heteroatoms. The summed E-state index contributed by atoms with van der Waals surface area (Å²) >= 11 is 0. The number of benzene rings is 1. The molecule has 4 nitrogen and oxygen atoms in total. The minimum absolute atomic E-state index is 0.315. The number of amides is 1. The Morgan fingerprint density at radius 1 is 1.35 bits per heavy atom. The molecule has 0 unspecified atom stereocenters. The maximum absolute atomic E-state index is 12.0. The van der Waals surface area contributed by atoms with Crippen molar-refractivity contribution < 1.29 is 14.3 Å². The van der Waals surface area contributed by atoms with Gasteiger partial charge in [-0.05, 0) is 26.0 Å². The Kier molecular flexibility index (Phi) is 3.33. The maximum atomic E-state index is 12.0. The number of ether oxygens (including phenoxy) is 2. The summed E-state index contributed by atoms with van der Waals surface area (Å²) in [7, 11) is 0. The lowest BCUT2D eigenvalue weighted by Crippen LogP contribution is -2.56. The summed E-state index contributed by atoms with van der Waals surface area (Å²) in [6, 6.07) is 9.10. The molecule has 1 heterocycles. The van der Waals surface area contributed by atoms with Crippen LogP contribution in [-0.4, -0.2) is 36.3 Å². The van der Waals surface area contributed by atoms with Crippen molar-refractivity contribution in [3.8, 4) is 5.75 Å². The van der Waals surface area contributed by atoms with Crippen molar-refractivity contribution in [3.05, 3.63) is 30.3 Å². The van der Waals surface area contributed by atoms with Crippen LogP contribution >= 0.6 is 0 Å². The van der Waals surface area contributed by atoms with Gasteiger partial charge >= 0.3 is 6.09 Å². The van der Waals surface area contributed by atoms with E-state index in [0.29, 0.717) is 25.5 Å². The van der Waals surface area contributed by atoms with Crippen LogP contribution in [0.3, 0.4) is 0 Å². The third-order valence-corrected chi connectivity index (χ3v) is 2.81. The average molecular weight is 235 g/mol. The van der Waals surface area contributed by atoms with E-state index >= 15 is 0 Å². The van der Waals surface area contributed by atoms with Gasteiger partial charge < -0.3 is 9.47 Å². The molecule has 0 aliphatic carbocycles. The van der Waals surface area contributed by atoms with Crippen molar-refractivity contribution in [3.63, 3.8) is 0 Å². The normalized spacial score (nSPS) is 18.8. The summed E-state index contributed by atoms with van der Waals surface area (Å²) < 4.78 is 10.7. The van der Waals surface area contributed by atoms with Gasteiger partial charge in [-0.15, -0.1) is 0 Å². The van der Waals surface area contributed by atoms with E-state index < -0.39 is 0 Å². The molecule has 1 amide bonds. The number of carbonyl (C=O) groups excluding carboxylic acids is 1. The highest BCUT2D eigenvalue weighted by atomic mass is 16.6. The molecule has 92 valence electrons. The van der Waals surface area contributed by atoms with Crippen LogP contribution in [0.5, 0.6) is 5.75 Å². The smallest absolute Gasteiger partial charge is 0.410 e. The number of rotatable bonds is 1. The zero-order valence-corrected chi connectivity index (χ0v) is 10.2. The van der Waals surface area contributed by atoms with Crippen molar-refractivity contribution in [2.24, 2.45) is 0 Å². The predicted molar refractivity (Wildman–Crippen MR) is 64.1 cm³/mol. The zero-order valence-electron chi connectivity index (χ0n) is 10.2. The Bertz CT molecular complexity index is 389. The van der Waals surface area contributed by atoms with E-state index in [0.717, 1.165) is 0 Å². The molecule has 1 aromatic carbocycles. The van der Waals surface area contributed by atoms with Crippen LogP contribution in [0.15, 0.2) is 30.3 Å². The van der Waals surface area contributed by atoms with Gasteiger partial charge in [-0.3, -0.25) is 4.90 Å². The fourth-order valence-corrected chi connectivity index (χ4v) is 1.84. The molecule has 0 bridgehead atoms. The van der Waals surface area contributed by atoms with Gasteiger partial charge in [-0.25, -0.2) is 4.79 Å². The standard InChI is InChI=1S/C13H17NO3/c1-13(2)10-16-9-8-14(13)12(15)17-11-6-4-3-5-7-11/h3-7H,8-10H2,1-2H3. The SMILES string of the molecule is CC1(C)COCCN1C(=O)Oc1ccccc1. The van der Waals surface area contributed by atoms with Crippen LogP contribution in [0.25, 0.3) is 0 Å². The van der Waals surface area contributed by atoms with Crippen LogP contribution in [-0.2, 0) is 4.74 Å². The third kappa shape index (κ3) is 2.77. The number of morpholine rings is 1. The Labute approximate surface area is 101 Å². The lowest BCUT2D eigenvalue weighted by molar-refractivity contribution is -0.0369. The summed E-state index contributed by atoms with van der Waals surface area (Å²) in [5, 5.41) is 0. The van der Waals surface area contributed by atoms with Crippen LogP contribution in [0.4, 0.5) is 4.79 Å². The Balaban J connectivity index is 2.04. The monoisotopic (exact) mass is 235 g/mol. The van der Waals surface area contributed by atoms with Gasteiger partial charge in [0.1, 0.15) is 5.75 Å². The Hall–Kier alpha value is -1.55. The molecule has 0 saturated carbocycles. The fourth-order valence-electron chi connectivity index (χ4n) is 1.84. The van der Waals surface area contributed by atoms with E-state index in [4.69, 9.17) is 9.47 Å². The van der Waals surface area contributed by atoms with E-state index in [1.807, 2.05) is 32.0 Å². The maximum Gasteiger partial charge on any atom is 0.415 e. The highest BCUT2D eigenvalue weighted by Gasteiger charge is 2.35. The number of nitrogens with zero attached hydrogens (tertiary/aromatic N) is 1. The second-order valence-electron chi connectivity index (χ2n) is 4.70. The molecule has 2 rings (SSSR count). The summed E-state index contributed by atoms with van der Waals surface area (Å²) in [5.41, 5.74) is -0.315. The molecule has 0 N–H and O–H groups in total. The molecule has 1 saturated heterocycles. The molecule has 1 aliphatic rings. The minimum Gasteiger partial charge on any atom is -0.410 e. The number of hydrogen-bond donors (Lipinski definition) is 0. The van der Waals surface area contributed by atoms with E-state index in [2.05, 4.69) is 0 Å². The minimum atomic E-state index is -0.315. The molecular weight excluding hydrogens is 218 g/mol. The first-order chi connectivity index (χ1) is 8.09. The van der Waals surface area contributed by atoms with Crippen LogP contribution in [0, 0.1) is 0 Å². The lowest BCUT2D eigenvalue weighted by Gasteiger charge is -2.40. The van der Waals surface area contributed by atoms with Gasteiger partial charge in [-0.1, -0.05) is 18.2 Å². The number of hydrogen-bond acceptors (Lipinski definition) is 3. The lowest BCUT2D eigenvalue weighted by atomic mass is 10.0. The van der Waals surface area contributed by atoms with E-state index in [1.54, 1.807) is 17.0 Å². The number of para-hydroxylation sites is 1.